The molecule has 0 aromatic heterocycles. The van der Waals surface area contributed by atoms with Gasteiger partial charge in [-0.1, -0.05) is 37.3 Å². The second-order valence-corrected chi connectivity index (χ2v) is 7.53. The minimum absolute atomic E-state index is 0.0262. The number of carbonyl (C=O) groups is 2. The average molecular weight is 398 g/mol. The molecule has 6 heteroatoms. The highest BCUT2D eigenvalue weighted by Crippen LogP contribution is 2.38. The first-order chi connectivity index (χ1) is 14.0. The van der Waals surface area contributed by atoms with Crippen LogP contribution in [0.3, 0.4) is 0 Å². The highest BCUT2D eigenvalue weighted by Gasteiger charge is 2.39. The summed E-state index contributed by atoms with van der Waals surface area (Å²) in [5.41, 5.74) is 1.56. The molecule has 3 atom stereocenters. The molecular formula is C23H27FN2O3. The Morgan fingerprint density at radius 2 is 1.93 bits per heavy atom. The largest absolute Gasteiger partial charge is 0.374 e. The number of rotatable bonds is 9. The summed E-state index contributed by atoms with van der Waals surface area (Å²) < 4.78 is 19.4. The smallest absolute Gasteiger partial charge is 0.253 e. The lowest BCUT2D eigenvalue weighted by atomic mass is 10.1. The minimum Gasteiger partial charge on any atom is -0.374 e. The fourth-order valence-electron chi connectivity index (χ4n) is 3.18. The molecule has 1 aliphatic carbocycles. The van der Waals surface area contributed by atoms with Crippen molar-refractivity contribution in [3.8, 4) is 0 Å². The number of hydrogen-bond donors (Lipinski definition) is 2. The number of carbonyl (C=O) groups excluding carboxylic acids is 2. The number of nitrogens with one attached hydrogen (secondary N) is 2. The maximum Gasteiger partial charge on any atom is 0.253 e. The van der Waals surface area contributed by atoms with E-state index in [1.54, 1.807) is 0 Å². The molecule has 1 aliphatic rings. The van der Waals surface area contributed by atoms with Crippen molar-refractivity contribution >= 4 is 17.5 Å². The zero-order chi connectivity index (χ0) is 20.8. The summed E-state index contributed by atoms with van der Waals surface area (Å²) in [5.74, 6) is -0.736. The molecule has 0 saturated heterocycles. The van der Waals surface area contributed by atoms with Crippen LogP contribution in [-0.4, -0.2) is 25.0 Å². The number of anilines is 1. The van der Waals surface area contributed by atoms with Crippen molar-refractivity contribution in [3.63, 3.8) is 0 Å². The van der Waals surface area contributed by atoms with Gasteiger partial charge in [-0.3, -0.25) is 9.59 Å². The molecule has 3 unspecified atom stereocenters. The fraction of sp³-hybridized carbons (Fsp3) is 0.391. The van der Waals surface area contributed by atoms with Crippen LogP contribution in [0.2, 0.25) is 0 Å². The number of hydrogen-bond acceptors (Lipinski definition) is 3. The van der Waals surface area contributed by atoms with Gasteiger partial charge in [0.15, 0.2) is 0 Å². The third-order valence-electron chi connectivity index (χ3n) is 5.17. The van der Waals surface area contributed by atoms with Crippen molar-refractivity contribution in [2.24, 2.45) is 11.8 Å². The summed E-state index contributed by atoms with van der Waals surface area (Å²) in [6.45, 7) is 4.87. The maximum atomic E-state index is 13.7. The molecule has 2 aromatic rings. The number of amides is 2. The molecule has 0 spiro atoms. The summed E-state index contributed by atoms with van der Waals surface area (Å²) in [6, 6.07) is 13.7. The van der Waals surface area contributed by atoms with Gasteiger partial charge in [-0.15, -0.1) is 0 Å². The van der Waals surface area contributed by atoms with Gasteiger partial charge in [-0.2, -0.15) is 0 Å². The molecule has 0 bridgehead atoms. The third-order valence-corrected chi connectivity index (χ3v) is 5.17. The van der Waals surface area contributed by atoms with E-state index in [-0.39, 0.29) is 23.5 Å². The van der Waals surface area contributed by atoms with Gasteiger partial charge in [-0.25, -0.2) is 4.39 Å². The number of benzene rings is 2. The van der Waals surface area contributed by atoms with Gasteiger partial charge in [0.05, 0.1) is 17.4 Å². The standard InChI is InChI=1S/C23H27FN2O3/c1-15-13-19(15)23(28)26-21-10-9-18(24)14-20(21)22(27)25-11-6-12-29-16(2)17-7-4-3-5-8-17/h3-5,7-10,14-16,19H,6,11-13H2,1-2H3,(H,25,27)(H,26,28). The van der Waals surface area contributed by atoms with Crippen LogP contribution in [0.4, 0.5) is 10.1 Å². The molecular weight excluding hydrogens is 371 g/mol. The maximum absolute atomic E-state index is 13.7. The minimum atomic E-state index is -0.520. The Morgan fingerprint density at radius 1 is 1.21 bits per heavy atom. The summed E-state index contributed by atoms with van der Waals surface area (Å²) in [6.07, 6.45) is 1.44. The predicted molar refractivity (Wildman–Crippen MR) is 110 cm³/mol. The molecule has 0 radical (unpaired) electrons. The molecule has 3 rings (SSSR count). The first-order valence-corrected chi connectivity index (χ1v) is 10.0. The van der Waals surface area contributed by atoms with Gasteiger partial charge >= 0.3 is 0 Å². The van der Waals surface area contributed by atoms with Gasteiger partial charge in [0.2, 0.25) is 5.91 Å². The van der Waals surface area contributed by atoms with E-state index in [1.165, 1.54) is 12.1 Å². The molecule has 0 heterocycles. The Kier molecular flexibility index (Phi) is 6.99. The van der Waals surface area contributed by atoms with Crippen molar-refractivity contribution in [1.29, 1.82) is 0 Å². The second-order valence-electron chi connectivity index (χ2n) is 7.53. The van der Waals surface area contributed by atoms with Crippen molar-refractivity contribution < 1.29 is 18.7 Å². The second kappa shape index (κ2) is 9.65. The van der Waals surface area contributed by atoms with Crippen LogP contribution in [0.15, 0.2) is 48.5 Å². The van der Waals surface area contributed by atoms with E-state index in [0.29, 0.717) is 31.2 Å². The Bertz CT molecular complexity index is 856. The Labute approximate surface area is 170 Å². The summed E-state index contributed by atoms with van der Waals surface area (Å²) in [4.78, 5) is 24.7. The zero-order valence-electron chi connectivity index (χ0n) is 16.8. The van der Waals surface area contributed by atoms with E-state index in [4.69, 9.17) is 4.74 Å². The Hall–Kier alpha value is -2.73. The highest BCUT2D eigenvalue weighted by molar-refractivity contribution is 6.04. The van der Waals surface area contributed by atoms with Gasteiger partial charge in [-0.05, 0) is 49.4 Å². The molecule has 29 heavy (non-hydrogen) atoms. The Morgan fingerprint density at radius 3 is 2.62 bits per heavy atom. The first-order valence-electron chi connectivity index (χ1n) is 10.0. The fourth-order valence-corrected chi connectivity index (χ4v) is 3.18. The SMILES string of the molecule is CC(OCCCNC(=O)c1cc(F)ccc1NC(=O)C1CC1C)c1ccccc1. The molecule has 1 saturated carbocycles. The van der Waals surface area contributed by atoms with E-state index in [1.807, 2.05) is 44.2 Å². The summed E-state index contributed by atoms with van der Waals surface area (Å²) >= 11 is 0. The molecule has 1 fully saturated rings. The van der Waals surface area contributed by atoms with Crippen LogP contribution in [0.25, 0.3) is 0 Å². The van der Waals surface area contributed by atoms with Crippen molar-refractivity contribution in [2.75, 3.05) is 18.5 Å². The highest BCUT2D eigenvalue weighted by atomic mass is 19.1. The van der Waals surface area contributed by atoms with Gasteiger partial charge < -0.3 is 15.4 Å². The van der Waals surface area contributed by atoms with Crippen LogP contribution in [0.5, 0.6) is 0 Å². The lowest BCUT2D eigenvalue weighted by Crippen LogP contribution is -2.27. The van der Waals surface area contributed by atoms with Crippen LogP contribution in [0, 0.1) is 17.7 Å². The number of halogens is 1. The normalized spacial score (nSPS) is 18.7. The quantitative estimate of drug-likeness (QED) is 0.618. The molecule has 2 aromatic carbocycles. The van der Waals surface area contributed by atoms with E-state index in [0.717, 1.165) is 18.1 Å². The lowest BCUT2D eigenvalue weighted by molar-refractivity contribution is -0.117. The van der Waals surface area contributed by atoms with E-state index in [2.05, 4.69) is 10.6 Å². The summed E-state index contributed by atoms with van der Waals surface area (Å²) in [7, 11) is 0. The summed E-state index contributed by atoms with van der Waals surface area (Å²) in [5, 5.41) is 5.52. The number of ether oxygens (including phenoxy) is 1. The average Bonchev–Trinajstić information content (AvgIpc) is 3.46. The zero-order valence-corrected chi connectivity index (χ0v) is 16.8. The molecule has 2 amide bonds. The molecule has 2 N–H and O–H groups in total. The lowest BCUT2D eigenvalue weighted by Gasteiger charge is -2.14. The van der Waals surface area contributed by atoms with Crippen molar-refractivity contribution in [3.05, 3.63) is 65.5 Å². The first kappa shape index (κ1) is 21.0. The topological polar surface area (TPSA) is 67.4 Å². The van der Waals surface area contributed by atoms with Crippen LogP contribution in [0.1, 0.15) is 48.7 Å². The van der Waals surface area contributed by atoms with E-state index in [9.17, 15) is 14.0 Å². The van der Waals surface area contributed by atoms with E-state index < -0.39 is 11.7 Å². The van der Waals surface area contributed by atoms with Crippen molar-refractivity contribution in [2.45, 2.75) is 32.8 Å². The van der Waals surface area contributed by atoms with Crippen LogP contribution >= 0.6 is 0 Å². The molecule has 154 valence electrons. The van der Waals surface area contributed by atoms with Gasteiger partial charge in [0.25, 0.3) is 5.91 Å². The van der Waals surface area contributed by atoms with Gasteiger partial charge in [0, 0.05) is 19.1 Å². The van der Waals surface area contributed by atoms with Crippen molar-refractivity contribution in [1.82, 2.24) is 5.32 Å². The monoisotopic (exact) mass is 398 g/mol. The molecule has 0 aliphatic heterocycles. The molecule has 5 nitrogen and oxygen atoms in total. The van der Waals surface area contributed by atoms with Gasteiger partial charge in [0.1, 0.15) is 5.82 Å². The third kappa shape index (κ3) is 5.87. The van der Waals surface area contributed by atoms with E-state index >= 15 is 0 Å². The predicted octanol–water partition coefficient (Wildman–Crippen LogP) is 4.32. The van der Waals surface area contributed by atoms with Crippen LogP contribution < -0.4 is 10.6 Å². The van der Waals surface area contributed by atoms with Crippen LogP contribution in [-0.2, 0) is 9.53 Å². The Balaban J connectivity index is 1.47.